The summed E-state index contributed by atoms with van der Waals surface area (Å²) in [5, 5.41) is 5.67. The summed E-state index contributed by atoms with van der Waals surface area (Å²) in [6.07, 6.45) is 0. The second-order valence-electron chi connectivity index (χ2n) is 5.80. The molecule has 2 N–H and O–H groups in total. The van der Waals surface area contributed by atoms with Crippen LogP contribution in [0.1, 0.15) is 30.5 Å². The number of amides is 2. The van der Waals surface area contributed by atoms with Crippen molar-refractivity contribution in [1.82, 2.24) is 0 Å². The van der Waals surface area contributed by atoms with E-state index >= 15 is 0 Å². The highest BCUT2D eigenvalue weighted by atomic mass is 32.1. The van der Waals surface area contributed by atoms with Crippen LogP contribution >= 0.6 is 11.3 Å². The SMILES string of the molecule is Cc1ccc(NC(=O)c2ccc(C(=O)Nc3ccc(C)cc3)s2)cc1. The van der Waals surface area contributed by atoms with Gasteiger partial charge < -0.3 is 10.6 Å². The van der Waals surface area contributed by atoms with Gasteiger partial charge in [-0.15, -0.1) is 11.3 Å². The van der Waals surface area contributed by atoms with Crippen molar-refractivity contribution in [3.8, 4) is 0 Å². The number of rotatable bonds is 4. The van der Waals surface area contributed by atoms with E-state index in [1.165, 1.54) is 11.3 Å². The monoisotopic (exact) mass is 350 g/mol. The third-order valence-electron chi connectivity index (χ3n) is 3.67. The molecule has 126 valence electrons. The zero-order valence-corrected chi connectivity index (χ0v) is 14.8. The van der Waals surface area contributed by atoms with Gasteiger partial charge in [0, 0.05) is 11.4 Å². The van der Waals surface area contributed by atoms with Gasteiger partial charge in [0.2, 0.25) is 0 Å². The first-order valence-electron chi connectivity index (χ1n) is 7.87. The van der Waals surface area contributed by atoms with Crippen molar-refractivity contribution in [3.63, 3.8) is 0 Å². The van der Waals surface area contributed by atoms with Gasteiger partial charge in [0.1, 0.15) is 0 Å². The highest BCUT2D eigenvalue weighted by molar-refractivity contribution is 7.16. The van der Waals surface area contributed by atoms with Crippen LogP contribution in [0.5, 0.6) is 0 Å². The molecule has 1 aromatic heterocycles. The van der Waals surface area contributed by atoms with Crippen molar-refractivity contribution in [2.75, 3.05) is 10.6 Å². The summed E-state index contributed by atoms with van der Waals surface area (Å²) in [6, 6.07) is 18.5. The van der Waals surface area contributed by atoms with Gasteiger partial charge in [0.05, 0.1) is 9.75 Å². The highest BCUT2D eigenvalue weighted by Crippen LogP contribution is 2.20. The molecule has 0 aliphatic carbocycles. The van der Waals surface area contributed by atoms with E-state index in [1.54, 1.807) is 12.1 Å². The van der Waals surface area contributed by atoms with Crippen LogP contribution in [0.3, 0.4) is 0 Å². The van der Waals surface area contributed by atoms with Crippen molar-refractivity contribution in [1.29, 1.82) is 0 Å². The Bertz CT molecular complexity index is 822. The largest absolute Gasteiger partial charge is 0.321 e. The van der Waals surface area contributed by atoms with E-state index in [9.17, 15) is 9.59 Å². The van der Waals surface area contributed by atoms with Crippen LogP contribution < -0.4 is 10.6 Å². The summed E-state index contributed by atoms with van der Waals surface area (Å²) in [5.41, 5.74) is 3.72. The zero-order valence-electron chi connectivity index (χ0n) is 14.0. The van der Waals surface area contributed by atoms with Gasteiger partial charge in [-0.2, -0.15) is 0 Å². The molecule has 1 heterocycles. The molecule has 0 aliphatic rings. The topological polar surface area (TPSA) is 58.2 Å². The Kier molecular flexibility index (Phi) is 4.95. The number of benzene rings is 2. The van der Waals surface area contributed by atoms with E-state index in [2.05, 4.69) is 10.6 Å². The number of aryl methyl sites for hydroxylation is 2. The highest BCUT2D eigenvalue weighted by Gasteiger charge is 2.14. The first-order valence-corrected chi connectivity index (χ1v) is 8.69. The van der Waals surface area contributed by atoms with Crippen LogP contribution in [-0.4, -0.2) is 11.8 Å². The second kappa shape index (κ2) is 7.32. The van der Waals surface area contributed by atoms with E-state index in [0.717, 1.165) is 22.5 Å². The third-order valence-corrected chi connectivity index (χ3v) is 4.76. The normalized spacial score (nSPS) is 10.3. The molecule has 0 aliphatic heterocycles. The molecule has 0 bridgehead atoms. The van der Waals surface area contributed by atoms with Crippen molar-refractivity contribution >= 4 is 34.5 Å². The van der Waals surface area contributed by atoms with Crippen LogP contribution in [0.15, 0.2) is 60.7 Å². The fraction of sp³-hybridized carbons (Fsp3) is 0.100. The van der Waals surface area contributed by atoms with Crippen molar-refractivity contribution in [3.05, 3.63) is 81.5 Å². The summed E-state index contributed by atoms with van der Waals surface area (Å²) in [6.45, 7) is 3.98. The maximum atomic E-state index is 12.3. The number of thiophene rings is 1. The van der Waals surface area contributed by atoms with Crippen LogP contribution in [-0.2, 0) is 0 Å². The minimum absolute atomic E-state index is 0.219. The maximum Gasteiger partial charge on any atom is 0.265 e. The molecule has 3 rings (SSSR count). The van der Waals surface area contributed by atoms with Gasteiger partial charge in [-0.25, -0.2) is 0 Å². The Morgan fingerprint density at radius 2 is 1.00 bits per heavy atom. The molecule has 0 radical (unpaired) electrons. The number of anilines is 2. The van der Waals surface area contributed by atoms with Crippen molar-refractivity contribution < 1.29 is 9.59 Å². The predicted octanol–water partition coefficient (Wildman–Crippen LogP) is 4.87. The fourth-order valence-electron chi connectivity index (χ4n) is 2.24. The molecule has 0 atom stereocenters. The van der Waals surface area contributed by atoms with E-state index in [0.29, 0.717) is 9.75 Å². The first kappa shape index (κ1) is 16.9. The summed E-state index contributed by atoms with van der Waals surface area (Å²) < 4.78 is 0. The van der Waals surface area contributed by atoms with Gasteiger partial charge in [-0.05, 0) is 50.2 Å². The minimum atomic E-state index is -0.219. The van der Waals surface area contributed by atoms with Crippen molar-refractivity contribution in [2.24, 2.45) is 0 Å². The molecular weight excluding hydrogens is 332 g/mol. The predicted molar refractivity (Wildman–Crippen MR) is 103 cm³/mol. The van der Waals surface area contributed by atoms with Gasteiger partial charge in [0.25, 0.3) is 11.8 Å². The van der Waals surface area contributed by atoms with E-state index in [-0.39, 0.29) is 11.8 Å². The lowest BCUT2D eigenvalue weighted by atomic mass is 10.2. The Morgan fingerprint density at radius 1 is 0.640 bits per heavy atom. The fourth-order valence-corrected chi connectivity index (χ4v) is 3.04. The van der Waals surface area contributed by atoms with Gasteiger partial charge in [-0.3, -0.25) is 9.59 Å². The summed E-state index contributed by atoms with van der Waals surface area (Å²) >= 11 is 1.17. The summed E-state index contributed by atoms with van der Waals surface area (Å²) in [5.74, 6) is -0.438. The van der Waals surface area contributed by atoms with E-state index in [4.69, 9.17) is 0 Å². The molecule has 0 fully saturated rings. The lowest BCUT2D eigenvalue weighted by Crippen LogP contribution is -2.11. The van der Waals surface area contributed by atoms with Crippen molar-refractivity contribution in [2.45, 2.75) is 13.8 Å². The lowest BCUT2D eigenvalue weighted by Gasteiger charge is -2.04. The molecule has 3 aromatic rings. The van der Waals surface area contributed by atoms with Gasteiger partial charge in [-0.1, -0.05) is 35.4 Å². The molecule has 0 saturated heterocycles. The second-order valence-corrected chi connectivity index (χ2v) is 6.89. The Hall–Kier alpha value is -2.92. The zero-order chi connectivity index (χ0) is 17.8. The Morgan fingerprint density at radius 3 is 1.36 bits per heavy atom. The standard InChI is InChI=1S/C20H18N2O2S/c1-13-3-7-15(8-4-13)21-19(23)17-11-12-18(25-17)20(24)22-16-9-5-14(2)6-10-16/h3-12H,1-2H3,(H,21,23)(H,22,24). The number of hydrogen-bond donors (Lipinski definition) is 2. The lowest BCUT2D eigenvalue weighted by molar-refractivity contribution is 0.102. The van der Waals surface area contributed by atoms with Crippen LogP contribution in [0.25, 0.3) is 0 Å². The summed E-state index contributed by atoms with van der Waals surface area (Å²) in [7, 11) is 0. The molecule has 0 spiro atoms. The van der Waals surface area contributed by atoms with Crippen LogP contribution in [0, 0.1) is 13.8 Å². The van der Waals surface area contributed by atoms with E-state index < -0.39 is 0 Å². The molecule has 0 saturated carbocycles. The third kappa shape index (κ3) is 4.33. The van der Waals surface area contributed by atoms with Gasteiger partial charge >= 0.3 is 0 Å². The quantitative estimate of drug-likeness (QED) is 0.705. The average molecular weight is 350 g/mol. The molecular formula is C20H18N2O2S. The van der Waals surface area contributed by atoms with Gasteiger partial charge in [0.15, 0.2) is 0 Å². The number of carbonyl (C=O) groups is 2. The number of carbonyl (C=O) groups excluding carboxylic acids is 2. The molecule has 5 heteroatoms. The number of nitrogens with one attached hydrogen (secondary N) is 2. The first-order chi connectivity index (χ1) is 12.0. The molecule has 0 unspecified atom stereocenters. The molecule has 2 amide bonds. The molecule has 2 aromatic carbocycles. The smallest absolute Gasteiger partial charge is 0.265 e. The maximum absolute atomic E-state index is 12.3. The van der Waals surface area contributed by atoms with Crippen LogP contribution in [0.4, 0.5) is 11.4 Å². The number of hydrogen-bond acceptors (Lipinski definition) is 3. The average Bonchev–Trinajstić information content (AvgIpc) is 3.09. The van der Waals surface area contributed by atoms with E-state index in [1.807, 2.05) is 62.4 Å². The molecule has 25 heavy (non-hydrogen) atoms. The Balaban J connectivity index is 1.66. The Labute approximate surface area is 150 Å². The minimum Gasteiger partial charge on any atom is -0.321 e. The molecule has 4 nitrogen and oxygen atoms in total. The summed E-state index contributed by atoms with van der Waals surface area (Å²) in [4.78, 5) is 25.6. The van der Waals surface area contributed by atoms with Crippen LogP contribution in [0.2, 0.25) is 0 Å².